The Hall–Kier alpha value is -2.84. The van der Waals surface area contributed by atoms with Gasteiger partial charge in [-0.15, -0.1) is 0 Å². The Kier molecular flexibility index (Phi) is 8.69. The van der Waals surface area contributed by atoms with E-state index in [4.69, 9.17) is 25.8 Å². The molecule has 0 aliphatic carbocycles. The summed E-state index contributed by atoms with van der Waals surface area (Å²) in [4.78, 5) is 11.4. The van der Waals surface area contributed by atoms with Crippen LogP contribution in [0.1, 0.15) is 15.9 Å². The second kappa shape index (κ2) is 11.2. The van der Waals surface area contributed by atoms with E-state index in [9.17, 15) is 4.79 Å². The Labute approximate surface area is 180 Å². The number of benzene rings is 2. The second-order valence-corrected chi connectivity index (χ2v) is 6.30. The summed E-state index contributed by atoms with van der Waals surface area (Å²) in [6, 6.07) is 12.4. The molecule has 0 saturated heterocycles. The van der Waals surface area contributed by atoms with E-state index in [2.05, 4.69) is 22.6 Å². The lowest BCUT2D eigenvalue weighted by Crippen LogP contribution is -2.13. The Morgan fingerprint density at radius 1 is 1.10 bits per heavy atom. The zero-order chi connectivity index (χ0) is 21.2. The number of aromatic nitrogens is 2. The molecule has 0 fully saturated rings. The molecule has 29 heavy (non-hydrogen) atoms. The number of ether oxygens (including phenoxy) is 3. The molecule has 2 aromatic carbocycles. The van der Waals surface area contributed by atoms with Crippen LogP contribution in [0.15, 0.2) is 54.9 Å². The topological polar surface area (TPSA) is 74.6 Å². The van der Waals surface area contributed by atoms with Crippen molar-refractivity contribution in [3.8, 4) is 17.2 Å². The summed E-state index contributed by atoms with van der Waals surface area (Å²) in [6.07, 6.45) is 3.59. The summed E-state index contributed by atoms with van der Waals surface area (Å²) in [6.45, 7) is 0.596. The fraction of sp³-hybridized carbons (Fsp3) is 0.200. The van der Waals surface area contributed by atoms with Gasteiger partial charge in [0.2, 0.25) is 0 Å². The Morgan fingerprint density at radius 3 is 2.45 bits per heavy atom. The molecule has 0 aliphatic rings. The number of thiol groups is 1. The van der Waals surface area contributed by atoms with Crippen LogP contribution in [0.3, 0.4) is 0 Å². The monoisotopic (exact) mass is 435 g/mol. The molecule has 154 valence electrons. The average molecular weight is 436 g/mol. The van der Waals surface area contributed by atoms with Gasteiger partial charge in [0.15, 0.2) is 0 Å². The van der Waals surface area contributed by atoms with Crippen molar-refractivity contribution in [1.29, 1.82) is 0 Å². The van der Waals surface area contributed by atoms with Gasteiger partial charge in [0, 0.05) is 29.6 Å². The van der Waals surface area contributed by atoms with Gasteiger partial charge < -0.3 is 14.2 Å². The summed E-state index contributed by atoms with van der Waals surface area (Å²) in [5.41, 5.74) is 1.46. The van der Waals surface area contributed by atoms with Crippen molar-refractivity contribution in [2.75, 3.05) is 21.3 Å². The summed E-state index contributed by atoms with van der Waals surface area (Å²) >= 11 is 9.51. The molecule has 0 saturated carbocycles. The Balaban J connectivity index is 0.000000234. The van der Waals surface area contributed by atoms with Crippen molar-refractivity contribution in [3.05, 3.63) is 71.0 Å². The Bertz CT molecular complexity index is 935. The average Bonchev–Trinajstić information content (AvgIpc) is 3.27. The van der Waals surface area contributed by atoms with E-state index in [1.807, 2.05) is 18.3 Å². The smallest absolute Gasteiger partial charge is 0.261 e. The minimum atomic E-state index is -0.262. The Morgan fingerprint density at radius 2 is 1.86 bits per heavy atom. The maximum absolute atomic E-state index is 11.4. The standard InChI is InChI=1S/C12H13N3O2S.C8H9ClO2/c1-17-11-7-9(12(16)14-18)3-4-10(11)8-15-6-2-5-13-15;1-10-6-3-4-7(9)8(5-6)11-2/h2-7,18H,8H2,1H3,(H,14,16);3-5H,1-2H3. The molecule has 0 spiro atoms. The van der Waals surface area contributed by atoms with Gasteiger partial charge >= 0.3 is 0 Å². The van der Waals surface area contributed by atoms with Gasteiger partial charge in [0.1, 0.15) is 17.2 Å². The fourth-order valence-electron chi connectivity index (χ4n) is 2.42. The van der Waals surface area contributed by atoms with Crippen molar-refractivity contribution >= 4 is 30.3 Å². The van der Waals surface area contributed by atoms with Crippen LogP contribution in [0.25, 0.3) is 0 Å². The van der Waals surface area contributed by atoms with Gasteiger partial charge in [0.05, 0.1) is 32.9 Å². The van der Waals surface area contributed by atoms with Crippen molar-refractivity contribution in [1.82, 2.24) is 14.5 Å². The van der Waals surface area contributed by atoms with Crippen molar-refractivity contribution in [2.45, 2.75) is 6.54 Å². The summed E-state index contributed by atoms with van der Waals surface area (Å²) in [7, 11) is 4.74. The molecule has 1 N–H and O–H groups in total. The molecule has 1 heterocycles. The molecule has 0 unspecified atom stereocenters. The van der Waals surface area contributed by atoms with Crippen LogP contribution in [0, 0.1) is 0 Å². The predicted molar refractivity (Wildman–Crippen MR) is 115 cm³/mol. The highest BCUT2D eigenvalue weighted by Gasteiger charge is 2.09. The molecular formula is C20H22ClN3O4S. The van der Waals surface area contributed by atoms with Crippen LogP contribution in [-0.2, 0) is 6.54 Å². The van der Waals surface area contributed by atoms with Crippen LogP contribution >= 0.6 is 24.4 Å². The number of hydrogen-bond donors (Lipinski definition) is 2. The number of nitrogens with one attached hydrogen (secondary N) is 1. The molecule has 1 aromatic heterocycles. The number of hydrogen-bond acceptors (Lipinski definition) is 6. The van der Waals surface area contributed by atoms with Gasteiger partial charge in [0.25, 0.3) is 5.91 Å². The molecule has 0 bridgehead atoms. The first kappa shape index (κ1) is 22.4. The third kappa shape index (κ3) is 6.33. The first-order valence-electron chi connectivity index (χ1n) is 8.48. The number of carbonyl (C=O) groups excluding carboxylic acids is 1. The fourth-order valence-corrected chi connectivity index (χ4v) is 2.74. The number of amides is 1. The van der Waals surface area contributed by atoms with Crippen LogP contribution in [0.2, 0.25) is 5.02 Å². The van der Waals surface area contributed by atoms with E-state index in [1.165, 1.54) is 0 Å². The summed E-state index contributed by atoms with van der Waals surface area (Å²) in [5.74, 6) is 1.76. The molecule has 9 heteroatoms. The zero-order valence-electron chi connectivity index (χ0n) is 16.3. The maximum atomic E-state index is 11.4. The minimum absolute atomic E-state index is 0.262. The van der Waals surface area contributed by atoms with Crippen LogP contribution in [0.4, 0.5) is 0 Å². The summed E-state index contributed by atoms with van der Waals surface area (Å²) in [5, 5.41) is 4.72. The molecule has 0 radical (unpaired) electrons. The van der Waals surface area contributed by atoms with Crippen molar-refractivity contribution < 1.29 is 19.0 Å². The SMILES string of the molecule is COc1cc(C(=O)NS)ccc1Cn1cccn1.COc1ccc(Cl)c(OC)c1. The lowest BCUT2D eigenvalue weighted by Gasteiger charge is -2.10. The third-order valence-corrected chi connectivity index (χ3v) is 4.42. The van der Waals surface area contributed by atoms with Gasteiger partial charge in [-0.1, -0.05) is 30.5 Å². The number of methoxy groups -OCH3 is 3. The molecular weight excluding hydrogens is 414 g/mol. The lowest BCUT2D eigenvalue weighted by molar-refractivity contribution is 0.0984. The largest absolute Gasteiger partial charge is 0.497 e. The third-order valence-electron chi connectivity index (χ3n) is 3.90. The maximum Gasteiger partial charge on any atom is 0.261 e. The van der Waals surface area contributed by atoms with Crippen molar-refractivity contribution in [2.24, 2.45) is 0 Å². The highest BCUT2D eigenvalue weighted by molar-refractivity contribution is 7.78. The van der Waals surface area contributed by atoms with Crippen molar-refractivity contribution in [3.63, 3.8) is 0 Å². The van der Waals surface area contributed by atoms with Crippen LogP contribution in [0.5, 0.6) is 17.2 Å². The number of nitrogens with zero attached hydrogens (tertiary/aromatic N) is 2. The number of carbonyl (C=O) groups is 1. The van der Waals surface area contributed by atoms with Gasteiger partial charge in [-0.25, -0.2) is 0 Å². The quantitative estimate of drug-likeness (QED) is 0.575. The van der Waals surface area contributed by atoms with E-state index in [0.29, 0.717) is 28.6 Å². The number of rotatable bonds is 6. The molecule has 0 aliphatic heterocycles. The zero-order valence-corrected chi connectivity index (χ0v) is 17.9. The highest BCUT2D eigenvalue weighted by atomic mass is 35.5. The van der Waals surface area contributed by atoms with Crippen LogP contribution < -0.4 is 18.9 Å². The highest BCUT2D eigenvalue weighted by Crippen LogP contribution is 2.28. The lowest BCUT2D eigenvalue weighted by atomic mass is 10.1. The van der Waals surface area contributed by atoms with E-state index < -0.39 is 0 Å². The van der Waals surface area contributed by atoms with E-state index in [0.717, 1.165) is 11.3 Å². The van der Waals surface area contributed by atoms with Crippen LogP contribution in [-0.4, -0.2) is 37.0 Å². The normalized spacial score (nSPS) is 9.83. The molecule has 3 rings (SSSR count). The molecule has 0 atom stereocenters. The number of halogens is 1. The second-order valence-electron chi connectivity index (χ2n) is 5.67. The van der Waals surface area contributed by atoms with E-state index in [1.54, 1.807) is 62.5 Å². The first-order valence-corrected chi connectivity index (χ1v) is 9.31. The van der Waals surface area contributed by atoms with E-state index in [-0.39, 0.29) is 5.91 Å². The minimum Gasteiger partial charge on any atom is -0.497 e. The van der Waals surface area contributed by atoms with Gasteiger partial charge in [-0.05, 0) is 30.3 Å². The van der Waals surface area contributed by atoms with Gasteiger partial charge in [-0.3, -0.25) is 14.2 Å². The van der Waals surface area contributed by atoms with E-state index >= 15 is 0 Å². The molecule has 7 nitrogen and oxygen atoms in total. The summed E-state index contributed by atoms with van der Waals surface area (Å²) < 4.78 is 19.3. The molecule has 1 amide bonds. The molecule has 3 aromatic rings. The predicted octanol–water partition coefficient (Wildman–Crippen LogP) is 3.87. The van der Waals surface area contributed by atoms with Gasteiger partial charge in [-0.2, -0.15) is 5.10 Å². The first-order chi connectivity index (χ1) is 14.0.